The average molecular weight is 264 g/mol. The summed E-state index contributed by atoms with van der Waals surface area (Å²) in [5.41, 5.74) is 8.84. The highest BCUT2D eigenvalue weighted by Crippen LogP contribution is 2.37. The van der Waals surface area contributed by atoms with E-state index in [1.807, 2.05) is 30.3 Å². The number of hydrogen-bond donors (Lipinski definition) is 1. The molecule has 0 unspecified atom stereocenters. The first-order valence-corrected chi connectivity index (χ1v) is 6.92. The normalized spacial score (nSPS) is 15.2. The van der Waals surface area contributed by atoms with Crippen molar-refractivity contribution in [3.8, 4) is 17.3 Å². The lowest BCUT2D eigenvalue weighted by Gasteiger charge is -2.14. The van der Waals surface area contributed by atoms with Gasteiger partial charge in [-0.15, -0.1) is 0 Å². The fourth-order valence-corrected chi connectivity index (χ4v) is 2.91. The Hall–Kier alpha value is -2.41. The molecule has 2 aromatic rings. The highest BCUT2D eigenvalue weighted by Gasteiger charge is 2.24. The van der Waals surface area contributed by atoms with Gasteiger partial charge in [-0.05, 0) is 12.8 Å². The van der Waals surface area contributed by atoms with Gasteiger partial charge in [0.1, 0.15) is 11.6 Å². The molecule has 100 valence electrons. The molecule has 3 rings (SSSR count). The van der Waals surface area contributed by atoms with Gasteiger partial charge < -0.3 is 5.73 Å². The third-order valence-electron chi connectivity index (χ3n) is 3.86. The number of rotatable bonds is 2. The summed E-state index contributed by atoms with van der Waals surface area (Å²) in [6.45, 7) is 0. The van der Waals surface area contributed by atoms with Crippen molar-refractivity contribution in [1.29, 1.82) is 5.26 Å². The van der Waals surface area contributed by atoms with Gasteiger partial charge >= 0.3 is 0 Å². The monoisotopic (exact) mass is 264 g/mol. The molecule has 0 spiro atoms. The Bertz CT molecular complexity index is 652. The number of aromatic nitrogens is 2. The predicted molar refractivity (Wildman–Crippen MR) is 77.8 cm³/mol. The smallest absolute Gasteiger partial charge is 0.220 e. The van der Waals surface area contributed by atoms with E-state index in [0.717, 1.165) is 24.1 Å². The fourth-order valence-electron chi connectivity index (χ4n) is 2.91. The van der Waals surface area contributed by atoms with E-state index in [1.54, 1.807) is 0 Å². The molecule has 0 amide bonds. The maximum atomic E-state index is 9.54. The highest BCUT2D eigenvalue weighted by atomic mass is 15.0. The third kappa shape index (κ3) is 2.23. The molecular weight excluding hydrogens is 248 g/mol. The van der Waals surface area contributed by atoms with Crippen LogP contribution < -0.4 is 5.73 Å². The van der Waals surface area contributed by atoms with Crippen LogP contribution in [0.25, 0.3) is 11.3 Å². The molecule has 0 bridgehead atoms. The van der Waals surface area contributed by atoms with Crippen LogP contribution in [0, 0.1) is 11.3 Å². The van der Waals surface area contributed by atoms with Crippen LogP contribution in [-0.4, -0.2) is 9.97 Å². The van der Waals surface area contributed by atoms with Crippen molar-refractivity contribution >= 4 is 5.95 Å². The Morgan fingerprint density at radius 3 is 2.45 bits per heavy atom. The van der Waals surface area contributed by atoms with Crippen LogP contribution >= 0.6 is 0 Å². The molecule has 1 aliphatic rings. The van der Waals surface area contributed by atoms with Crippen LogP contribution in [-0.2, 0) is 0 Å². The Balaban J connectivity index is 2.17. The van der Waals surface area contributed by atoms with Crippen molar-refractivity contribution in [3.05, 3.63) is 41.6 Å². The van der Waals surface area contributed by atoms with E-state index in [4.69, 9.17) is 5.73 Å². The number of hydrogen-bond acceptors (Lipinski definition) is 4. The molecule has 4 nitrogen and oxygen atoms in total. The molecule has 1 aromatic heterocycles. The topological polar surface area (TPSA) is 75.6 Å². The summed E-state index contributed by atoms with van der Waals surface area (Å²) in [4.78, 5) is 8.65. The lowest BCUT2D eigenvalue weighted by molar-refractivity contribution is 0.693. The maximum absolute atomic E-state index is 9.54. The minimum absolute atomic E-state index is 0.254. The zero-order valence-corrected chi connectivity index (χ0v) is 11.2. The van der Waals surface area contributed by atoms with Crippen LogP contribution in [0.2, 0.25) is 0 Å². The van der Waals surface area contributed by atoms with Crippen molar-refractivity contribution in [2.24, 2.45) is 0 Å². The number of nitrogens with two attached hydrogens (primary N) is 1. The number of benzene rings is 1. The van der Waals surface area contributed by atoms with Crippen LogP contribution in [0.3, 0.4) is 0 Å². The maximum Gasteiger partial charge on any atom is 0.220 e. The van der Waals surface area contributed by atoms with E-state index in [2.05, 4.69) is 16.0 Å². The summed E-state index contributed by atoms with van der Waals surface area (Å²) in [7, 11) is 0. The Morgan fingerprint density at radius 1 is 1.10 bits per heavy atom. The molecule has 2 N–H and O–H groups in total. The number of nitrogen functional groups attached to an aromatic ring is 1. The molecule has 0 aliphatic heterocycles. The Kier molecular flexibility index (Phi) is 3.34. The quantitative estimate of drug-likeness (QED) is 0.903. The highest BCUT2D eigenvalue weighted by molar-refractivity contribution is 5.68. The van der Waals surface area contributed by atoms with Crippen LogP contribution in [0.4, 0.5) is 5.95 Å². The number of nitriles is 1. The average Bonchev–Trinajstić information content (AvgIpc) is 3.01. The lowest BCUT2D eigenvalue weighted by Crippen LogP contribution is -2.08. The van der Waals surface area contributed by atoms with Crippen molar-refractivity contribution in [2.45, 2.75) is 31.6 Å². The molecule has 1 fully saturated rings. The molecule has 0 saturated heterocycles. The third-order valence-corrected chi connectivity index (χ3v) is 3.86. The van der Waals surface area contributed by atoms with Gasteiger partial charge in [0.25, 0.3) is 0 Å². The van der Waals surface area contributed by atoms with E-state index in [1.165, 1.54) is 12.8 Å². The van der Waals surface area contributed by atoms with Gasteiger partial charge in [0.2, 0.25) is 5.95 Å². The molecule has 0 radical (unpaired) electrons. The van der Waals surface area contributed by atoms with Crippen LogP contribution in [0.1, 0.15) is 42.9 Å². The molecule has 20 heavy (non-hydrogen) atoms. The number of anilines is 1. The molecule has 1 aliphatic carbocycles. The fraction of sp³-hybridized carbons (Fsp3) is 0.312. The van der Waals surface area contributed by atoms with Crippen molar-refractivity contribution < 1.29 is 0 Å². The van der Waals surface area contributed by atoms with Crippen LogP contribution in [0.5, 0.6) is 0 Å². The van der Waals surface area contributed by atoms with Gasteiger partial charge in [-0.3, -0.25) is 0 Å². The van der Waals surface area contributed by atoms with Crippen LogP contribution in [0.15, 0.2) is 30.3 Å². The SMILES string of the molecule is N#Cc1c(-c2ccccc2)nc(N)nc1C1CCCC1. The molecular formula is C16H16N4. The molecule has 1 aromatic carbocycles. The minimum atomic E-state index is 0.254. The van der Waals surface area contributed by atoms with Gasteiger partial charge in [-0.25, -0.2) is 9.97 Å². The molecule has 1 heterocycles. The molecule has 0 atom stereocenters. The van der Waals surface area contributed by atoms with E-state index in [0.29, 0.717) is 17.2 Å². The Labute approximate surface area is 118 Å². The van der Waals surface area contributed by atoms with Gasteiger partial charge in [0.05, 0.1) is 11.4 Å². The summed E-state index contributed by atoms with van der Waals surface area (Å²) in [5.74, 6) is 0.599. The molecule has 4 heteroatoms. The molecule has 1 saturated carbocycles. The second-order valence-electron chi connectivity index (χ2n) is 5.15. The van der Waals surface area contributed by atoms with E-state index >= 15 is 0 Å². The van der Waals surface area contributed by atoms with Gasteiger partial charge in [-0.1, -0.05) is 43.2 Å². The first-order valence-electron chi connectivity index (χ1n) is 6.92. The van der Waals surface area contributed by atoms with Crippen molar-refractivity contribution in [3.63, 3.8) is 0 Å². The van der Waals surface area contributed by atoms with Gasteiger partial charge in [-0.2, -0.15) is 5.26 Å². The summed E-state index contributed by atoms with van der Waals surface area (Å²) in [6.07, 6.45) is 4.55. The summed E-state index contributed by atoms with van der Waals surface area (Å²) in [5, 5.41) is 9.54. The van der Waals surface area contributed by atoms with Crippen molar-refractivity contribution in [1.82, 2.24) is 9.97 Å². The summed E-state index contributed by atoms with van der Waals surface area (Å²) < 4.78 is 0. The first-order chi connectivity index (χ1) is 9.79. The zero-order chi connectivity index (χ0) is 13.9. The minimum Gasteiger partial charge on any atom is -0.368 e. The largest absolute Gasteiger partial charge is 0.368 e. The zero-order valence-electron chi connectivity index (χ0n) is 11.2. The van der Waals surface area contributed by atoms with E-state index < -0.39 is 0 Å². The second-order valence-corrected chi connectivity index (χ2v) is 5.15. The summed E-state index contributed by atoms with van der Waals surface area (Å²) in [6, 6.07) is 12.0. The van der Waals surface area contributed by atoms with E-state index in [9.17, 15) is 5.26 Å². The standard InChI is InChI=1S/C16H16N4/c17-10-13-14(11-6-2-1-3-7-11)19-16(18)20-15(13)12-8-4-5-9-12/h1-3,6-7,12H,4-5,8-9H2,(H2,18,19,20). The second kappa shape index (κ2) is 5.30. The van der Waals surface area contributed by atoms with Gasteiger partial charge in [0.15, 0.2) is 0 Å². The van der Waals surface area contributed by atoms with Gasteiger partial charge in [0, 0.05) is 11.5 Å². The lowest BCUT2D eigenvalue weighted by atomic mass is 9.96. The van der Waals surface area contributed by atoms with E-state index in [-0.39, 0.29) is 5.95 Å². The number of nitrogens with zero attached hydrogens (tertiary/aromatic N) is 3. The summed E-state index contributed by atoms with van der Waals surface area (Å²) >= 11 is 0. The predicted octanol–water partition coefficient (Wildman–Crippen LogP) is 3.26. The Morgan fingerprint density at radius 2 is 1.80 bits per heavy atom. The first kappa shape index (κ1) is 12.6. The van der Waals surface area contributed by atoms with Crippen molar-refractivity contribution in [2.75, 3.05) is 5.73 Å².